The highest BCUT2D eigenvalue weighted by atomic mass is 32.1. The molecule has 29 heavy (non-hydrogen) atoms. The molecule has 0 radical (unpaired) electrons. The number of benzene rings is 1. The molecule has 0 aliphatic carbocycles. The van der Waals surface area contributed by atoms with Crippen LogP contribution in [-0.4, -0.2) is 36.7 Å². The van der Waals surface area contributed by atoms with Crippen molar-refractivity contribution in [1.82, 2.24) is 4.90 Å². The van der Waals surface area contributed by atoms with Gasteiger partial charge in [-0.1, -0.05) is 12.1 Å². The minimum absolute atomic E-state index is 0.0907. The Kier molecular flexibility index (Phi) is 4.56. The van der Waals surface area contributed by atoms with Gasteiger partial charge in [-0.15, -0.1) is 11.3 Å². The summed E-state index contributed by atoms with van der Waals surface area (Å²) in [5.74, 6) is 1.79. The van der Waals surface area contributed by atoms with E-state index in [9.17, 15) is 4.79 Å². The molecule has 5 rings (SSSR count). The Hall–Kier alpha value is -2.77. The van der Waals surface area contributed by atoms with Crippen LogP contribution < -0.4 is 14.4 Å². The van der Waals surface area contributed by atoms with Crippen molar-refractivity contribution in [3.63, 3.8) is 0 Å². The number of anilines is 1. The third kappa shape index (κ3) is 3.30. The summed E-state index contributed by atoms with van der Waals surface area (Å²) in [5.41, 5.74) is 2.45. The number of thiophene rings is 1. The molecule has 4 heterocycles. The van der Waals surface area contributed by atoms with Crippen LogP contribution in [0.5, 0.6) is 11.5 Å². The SMILES string of the molecule is Cc1sc2c(c1C)CN(CC1COc3ccccc3O1)CN2C(=O)c1ccco1. The minimum Gasteiger partial charge on any atom is -0.486 e. The first-order valence-electron chi connectivity index (χ1n) is 9.65. The number of ether oxygens (including phenoxy) is 2. The van der Waals surface area contributed by atoms with E-state index in [1.54, 1.807) is 23.5 Å². The zero-order valence-corrected chi connectivity index (χ0v) is 17.2. The number of hydrogen-bond donors (Lipinski definition) is 0. The van der Waals surface area contributed by atoms with E-state index in [-0.39, 0.29) is 12.0 Å². The molecule has 1 amide bonds. The van der Waals surface area contributed by atoms with Gasteiger partial charge in [0.15, 0.2) is 17.3 Å². The third-order valence-corrected chi connectivity index (χ3v) is 6.74. The Morgan fingerprint density at radius 2 is 2.00 bits per heavy atom. The van der Waals surface area contributed by atoms with E-state index in [1.165, 1.54) is 22.3 Å². The van der Waals surface area contributed by atoms with E-state index < -0.39 is 0 Å². The zero-order chi connectivity index (χ0) is 20.0. The van der Waals surface area contributed by atoms with Crippen molar-refractivity contribution in [2.45, 2.75) is 26.5 Å². The lowest BCUT2D eigenvalue weighted by Gasteiger charge is -2.37. The molecule has 0 bridgehead atoms. The summed E-state index contributed by atoms with van der Waals surface area (Å²) < 4.78 is 17.4. The number of rotatable bonds is 3. The zero-order valence-electron chi connectivity index (χ0n) is 16.4. The Morgan fingerprint density at radius 1 is 1.17 bits per heavy atom. The molecule has 1 aromatic carbocycles. The van der Waals surface area contributed by atoms with Gasteiger partial charge in [-0.25, -0.2) is 0 Å². The van der Waals surface area contributed by atoms with Crippen LogP contribution in [0.25, 0.3) is 0 Å². The first-order valence-corrected chi connectivity index (χ1v) is 10.5. The van der Waals surface area contributed by atoms with Crippen molar-refractivity contribution < 1.29 is 18.7 Å². The van der Waals surface area contributed by atoms with Crippen LogP contribution in [0.1, 0.15) is 26.6 Å². The fraction of sp³-hybridized carbons (Fsp3) is 0.318. The molecule has 0 saturated heterocycles. The second kappa shape index (κ2) is 7.24. The summed E-state index contributed by atoms with van der Waals surface area (Å²) in [6, 6.07) is 11.2. The highest BCUT2D eigenvalue weighted by Crippen LogP contribution is 2.40. The van der Waals surface area contributed by atoms with Crippen molar-refractivity contribution in [2.24, 2.45) is 0 Å². The van der Waals surface area contributed by atoms with Crippen LogP contribution in [0.15, 0.2) is 47.1 Å². The molecule has 0 spiro atoms. The quantitative estimate of drug-likeness (QED) is 0.647. The van der Waals surface area contributed by atoms with Crippen LogP contribution in [0.2, 0.25) is 0 Å². The van der Waals surface area contributed by atoms with Gasteiger partial charge in [-0.2, -0.15) is 0 Å². The van der Waals surface area contributed by atoms with Crippen LogP contribution in [0, 0.1) is 13.8 Å². The lowest BCUT2D eigenvalue weighted by Crippen LogP contribution is -2.49. The number of fused-ring (bicyclic) bond motifs is 2. The average Bonchev–Trinajstić information content (AvgIpc) is 3.37. The topological polar surface area (TPSA) is 55.2 Å². The van der Waals surface area contributed by atoms with E-state index in [4.69, 9.17) is 13.9 Å². The normalized spacial score (nSPS) is 18.6. The predicted molar refractivity (Wildman–Crippen MR) is 111 cm³/mol. The number of amides is 1. The number of hydrogen-bond acceptors (Lipinski definition) is 6. The molecule has 6 nitrogen and oxygen atoms in total. The summed E-state index contributed by atoms with van der Waals surface area (Å²) in [4.78, 5) is 18.4. The fourth-order valence-electron chi connectivity index (χ4n) is 3.85. The van der Waals surface area contributed by atoms with Gasteiger partial charge < -0.3 is 13.9 Å². The smallest absolute Gasteiger partial charge is 0.295 e. The van der Waals surface area contributed by atoms with Crippen molar-refractivity contribution in [3.05, 3.63) is 64.4 Å². The Morgan fingerprint density at radius 3 is 2.79 bits per heavy atom. The minimum atomic E-state index is -0.117. The summed E-state index contributed by atoms with van der Waals surface area (Å²) in [6.07, 6.45) is 1.44. The highest BCUT2D eigenvalue weighted by Gasteiger charge is 2.34. The molecular formula is C22H22N2O4S. The summed E-state index contributed by atoms with van der Waals surface area (Å²) in [6.45, 7) is 6.67. The first-order chi connectivity index (χ1) is 14.1. The molecule has 2 aliphatic heterocycles. The Bertz CT molecular complexity index is 1040. The van der Waals surface area contributed by atoms with E-state index >= 15 is 0 Å². The third-order valence-electron chi connectivity index (χ3n) is 5.46. The number of aryl methyl sites for hydroxylation is 1. The maximum Gasteiger partial charge on any atom is 0.295 e. The summed E-state index contributed by atoms with van der Waals surface area (Å²) in [7, 11) is 0. The van der Waals surface area contributed by atoms with Gasteiger partial charge in [0.2, 0.25) is 0 Å². The number of nitrogens with zero attached hydrogens (tertiary/aromatic N) is 2. The van der Waals surface area contributed by atoms with Crippen molar-refractivity contribution >= 4 is 22.2 Å². The van der Waals surface area contributed by atoms with Crippen LogP contribution in [-0.2, 0) is 6.54 Å². The van der Waals surface area contributed by atoms with Gasteiger partial charge in [-0.3, -0.25) is 14.6 Å². The predicted octanol–water partition coefficient (Wildman–Crippen LogP) is 4.22. The van der Waals surface area contributed by atoms with Gasteiger partial charge >= 0.3 is 0 Å². The standard InChI is InChI=1S/C22H22N2O4S/c1-14-15(2)29-22-17(14)11-23(13-24(22)21(25)20-8-5-9-26-20)10-16-12-27-18-6-3-4-7-19(18)28-16/h3-9,16H,10-13H2,1-2H3. The van der Waals surface area contributed by atoms with Crippen molar-refractivity contribution in [1.29, 1.82) is 0 Å². The van der Waals surface area contributed by atoms with Gasteiger partial charge in [0.25, 0.3) is 5.91 Å². The summed E-state index contributed by atoms with van der Waals surface area (Å²) >= 11 is 1.67. The highest BCUT2D eigenvalue weighted by molar-refractivity contribution is 7.16. The van der Waals surface area contributed by atoms with Crippen molar-refractivity contribution in [3.8, 4) is 11.5 Å². The number of furan rings is 1. The van der Waals surface area contributed by atoms with E-state index in [0.717, 1.165) is 23.0 Å². The second-order valence-electron chi connectivity index (χ2n) is 7.43. The number of carbonyl (C=O) groups excluding carboxylic acids is 1. The molecule has 0 N–H and O–H groups in total. The van der Waals surface area contributed by atoms with E-state index in [2.05, 4.69) is 18.7 Å². The van der Waals surface area contributed by atoms with Gasteiger partial charge in [0, 0.05) is 23.5 Å². The fourth-order valence-corrected chi connectivity index (χ4v) is 5.01. The Balaban J connectivity index is 1.39. The first kappa shape index (κ1) is 18.3. The van der Waals surface area contributed by atoms with Crippen molar-refractivity contribution in [2.75, 3.05) is 24.7 Å². The average molecular weight is 410 g/mol. The number of para-hydroxylation sites is 2. The largest absolute Gasteiger partial charge is 0.486 e. The number of carbonyl (C=O) groups is 1. The lowest BCUT2D eigenvalue weighted by atomic mass is 10.1. The second-order valence-corrected chi connectivity index (χ2v) is 8.63. The molecular weight excluding hydrogens is 388 g/mol. The maximum atomic E-state index is 13.1. The molecule has 7 heteroatoms. The van der Waals surface area contributed by atoms with Gasteiger partial charge in [0.05, 0.1) is 12.9 Å². The maximum absolute atomic E-state index is 13.1. The molecule has 2 aromatic heterocycles. The van der Waals surface area contributed by atoms with E-state index in [0.29, 0.717) is 25.6 Å². The van der Waals surface area contributed by atoms with E-state index in [1.807, 2.05) is 29.2 Å². The molecule has 1 atom stereocenters. The molecule has 0 saturated carbocycles. The van der Waals surface area contributed by atoms with Crippen LogP contribution >= 0.6 is 11.3 Å². The molecule has 150 valence electrons. The molecule has 3 aromatic rings. The van der Waals surface area contributed by atoms with Gasteiger partial charge in [0.1, 0.15) is 17.7 Å². The molecule has 1 unspecified atom stereocenters. The Labute approximate surface area is 173 Å². The molecule has 0 fully saturated rings. The van der Waals surface area contributed by atoms with Crippen LogP contribution in [0.3, 0.4) is 0 Å². The monoisotopic (exact) mass is 410 g/mol. The van der Waals surface area contributed by atoms with Gasteiger partial charge in [-0.05, 0) is 43.7 Å². The summed E-state index contributed by atoms with van der Waals surface area (Å²) in [5, 5.41) is 1.02. The van der Waals surface area contributed by atoms with Crippen LogP contribution in [0.4, 0.5) is 5.00 Å². The lowest BCUT2D eigenvalue weighted by molar-refractivity contribution is 0.0537. The molecule has 2 aliphatic rings.